The van der Waals surface area contributed by atoms with Crippen LogP contribution < -0.4 is 47.4 Å². The molecule has 20 heteroatoms. The van der Waals surface area contributed by atoms with E-state index in [2.05, 4.69) is 0 Å². The molecule has 5 fully saturated rings. The Hall–Kier alpha value is -6.30. The van der Waals surface area contributed by atoms with Gasteiger partial charge in [0.05, 0.1) is 115 Å². The van der Waals surface area contributed by atoms with E-state index in [-0.39, 0.29) is 98.5 Å². The first-order chi connectivity index (χ1) is 70.8. The topological polar surface area (TPSA) is 210 Å². The van der Waals surface area contributed by atoms with E-state index < -0.39 is 202 Å². The number of ether oxygens (including phenoxy) is 10. The van der Waals surface area contributed by atoms with E-state index >= 15 is 0 Å². The Morgan fingerprint density at radius 1 is 0.357 bits per heavy atom. The summed E-state index contributed by atoms with van der Waals surface area (Å²) in [6, 6.07) is 12.8. The summed E-state index contributed by atoms with van der Waals surface area (Å²) in [6.45, 7) is -9.04. The van der Waals surface area contributed by atoms with Crippen molar-refractivity contribution < 1.29 is 129 Å². The highest BCUT2D eigenvalue weighted by Crippen LogP contribution is 2.50. The van der Waals surface area contributed by atoms with Gasteiger partial charge in [0, 0.05) is 138 Å². The van der Waals surface area contributed by atoms with Crippen LogP contribution in [0.25, 0.3) is 0 Å². The highest BCUT2D eigenvalue weighted by molar-refractivity contribution is 5.54. The van der Waals surface area contributed by atoms with Crippen LogP contribution in [0.1, 0.15) is 275 Å². The molecule has 0 aromatic heterocycles. The molecule has 0 aliphatic carbocycles. The van der Waals surface area contributed by atoms with Crippen molar-refractivity contribution in [2.75, 3.05) is 136 Å². The van der Waals surface area contributed by atoms with E-state index in [1.807, 2.05) is 24.8 Å². The average Bonchev–Trinajstić information content (AvgIpc) is 0.669. The van der Waals surface area contributed by atoms with E-state index in [1.165, 1.54) is 81.5 Å². The van der Waals surface area contributed by atoms with Crippen molar-refractivity contribution >= 4 is 0 Å². The highest BCUT2D eigenvalue weighted by atomic mass is 16.5. The SMILES string of the molecule is [2H]C([2H])([2H])Oc1cc2c(cc1OC)CCN1C2CC(O)C(C([2H])([2H])C([2H])(C)C([2H])([2H])[2H])C1([2H])[2H].[2H]C([2H])([2H])Oc1cc2c(cc1OC)CCN1C2CC(O)C(C([2H])([2H])C([2H])(C)C([2H])([2H])[2H])C1([2H])[2H].[2H]C([2H])([2H])Oc1cc2c(cc1OC)CCN1C2CC(O)C(CC(C)C)C1([2H])[2H].[2H]C1([2H])C(C([2H])([2H])C([2H])(C)C([2H])([2H])[2H])C(O)CC2c3cc(OC)c(OC)cc3CCN21.[2H]C1([2H])C2c3cc(OC)c(OC)cc3CCN2C([2H])([2H])C([2H])(CC(C)C)C1([2H])O. The van der Waals surface area contributed by atoms with Crippen molar-refractivity contribution in [3.8, 4) is 57.5 Å². The van der Waals surface area contributed by atoms with Crippen molar-refractivity contribution in [1.29, 1.82) is 0 Å². The summed E-state index contributed by atoms with van der Waals surface area (Å²) >= 11 is 0. The largest absolute Gasteiger partial charge is 0.493 e. The van der Waals surface area contributed by atoms with Gasteiger partial charge in [0.1, 0.15) is 0 Å². The van der Waals surface area contributed by atoms with Crippen molar-refractivity contribution in [2.45, 2.75) is 226 Å². The zero-order valence-corrected chi connectivity index (χ0v) is 68.3. The molecule has 15 rings (SSSR count). The van der Waals surface area contributed by atoms with Gasteiger partial charge in [-0.1, -0.05) is 69.0 Å². The maximum atomic E-state index is 11.1. The number of aliphatic hydroxyl groups is 5. The quantitative estimate of drug-likeness (QED) is 0.0491. The second-order valence-electron chi connectivity index (χ2n) is 31.3. The monoisotopic (exact) mass is 1640 g/mol. The summed E-state index contributed by atoms with van der Waals surface area (Å²) in [5.74, 6) is -13.5. The highest BCUT2D eigenvalue weighted by Gasteiger charge is 2.45. The zero-order chi connectivity index (χ0) is 119. The fraction of sp³-hybridized carbons (Fsp3) is 0.684. The molecule has 10 aliphatic rings. The second-order valence-corrected chi connectivity index (χ2v) is 31.3. The van der Waals surface area contributed by atoms with Crippen LogP contribution in [-0.2, 0) is 32.1 Å². The molecule has 115 heavy (non-hydrogen) atoms. The molecule has 0 amide bonds. The van der Waals surface area contributed by atoms with E-state index in [9.17, 15) is 25.5 Å². The van der Waals surface area contributed by atoms with E-state index in [4.69, 9.17) is 104 Å². The zero-order valence-electron chi connectivity index (χ0n) is 109. The number of benzene rings is 5. The summed E-state index contributed by atoms with van der Waals surface area (Å²) in [7, 11) is 2.03. The van der Waals surface area contributed by atoms with Crippen LogP contribution in [0.4, 0.5) is 0 Å². The normalized spacial score (nSPS) is 39.2. The third kappa shape index (κ3) is 21.1. The fourth-order valence-electron chi connectivity index (χ4n) is 17.1. The summed E-state index contributed by atoms with van der Waals surface area (Å²) < 4.78 is 386. The first-order valence-electron chi connectivity index (χ1n) is 59.8. The number of rotatable bonds is 20. The van der Waals surface area contributed by atoms with Gasteiger partial charge in [-0.15, -0.1) is 0 Å². The molecule has 5 aromatic carbocycles. The standard InChI is InChI=1S/5C19H29NO3/c5*1-12(2)7-14-11-20-6-5-13-8-18(22-3)19(23-4)9-15(13)16(20)10-17(14)21/h5*8-9,12,14,16-17,21H,5-7,10-11H2,1-4H3/i2*1D3,4D3,7D2,11D2,12D;10D2,11D2,14D,17D;1D3,7D2,11D2,12D;4D3,11D2. The lowest BCUT2D eigenvalue weighted by Crippen LogP contribution is -2.48. The van der Waals surface area contributed by atoms with Crippen LogP contribution in [0.5, 0.6) is 57.5 Å². The number of methoxy groups -OCH3 is 10. The van der Waals surface area contributed by atoms with Gasteiger partial charge in [0.2, 0.25) is 0 Å². The fourth-order valence-corrected chi connectivity index (χ4v) is 17.1. The first-order valence-corrected chi connectivity index (χ1v) is 39.3. The van der Waals surface area contributed by atoms with Crippen molar-refractivity contribution in [3.05, 3.63) is 116 Å². The molecule has 0 spiro atoms. The third-order valence-corrected chi connectivity index (χ3v) is 22.6. The first kappa shape index (κ1) is 49.4. The van der Waals surface area contributed by atoms with E-state index in [0.717, 1.165) is 59.7 Å². The summed E-state index contributed by atoms with van der Waals surface area (Å²) in [6.07, 6.45) is -17.0. The van der Waals surface area contributed by atoms with Gasteiger partial charge in [0.15, 0.2) is 57.5 Å². The molecule has 18 unspecified atom stereocenters. The Balaban J connectivity index is 0.000000184. The van der Waals surface area contributed by atoms with Gasteiger partial charge in [-0.3, -0.25) is 24.5 Å². The van der Waals surface area contributed by atoms with Gasteiger partial charge in [-0.25, -0.2) is 0 Å². The van der Waals surface area contributed by atoms with Crippen molar-refractivity contribution in [3.63, 3.8) is 0 Å². The molecule has 0 radical (unpaired) electrons. The lowest BCUT2D eigenvalue weighted by atomic mass is 9.79. The lowest BCUT2D eigenvalue weighted by molar-refractivity contribution is -0.0192. The van der Waals surface area contributed by atoms with Crippen LogP contribution in [0.3, 0.4) is 0 Å². The second kappa shape index (κ2) is 40.6. The van der Waals surface area contributed by atoms with Crippen molar-refractivity contribution in [2.24, 2.45) is 59.1 Å². The molecule has 10 aliphatic heterocycles. The molecule has 5 aromatic rings. The average molecular weight is 1640 g/mol. The minimum absolute atomic E-state index is 0.00322. The van der Waals surface area contributed by atoms with Gasteiger partial charge in [-0.05, 0) is 272 Å². The molecule has 20 nitrogen and oxygen atoms in total. The van der Waals surface area contributed by atoms with Crippen LogP contribution in [0.2, 0.25) is 0 Å². The maximum Gasteiger partial charge on any atom is 0.161 e. The Morgan fingerprint density at radius 2 is 0.600 bits per heavy atom. The molecule has 0 saturated carbocycles. The van der Waals surface area contributed by atoms with Gasteiger partial charge in [-0.2, -0.15) is 0 Å². The van der Waals surface area contributed by atoms with Gasteiger partial charge < -0.3 is 72.9 Å². The molecule has 10 heterocycles. The lowest BCUT2D eigenvalue weighted by Gasteiger charge is -2.46. The number of nitrogens with zero attached hydrogens (tertiary/aromatic N) is 5. The number of fused-ring (bicyclic) bond motifs is 15. The molecule has 5 N–H and O–H groups in total. The Labute approximate surface area is 747 Å². The summed E-state index contributed by atoms with van der Waals surface area (Å²) in [5.41, 5.74) is 7.17. The molecular weight excluding hydrogens is 1450 g/mol. The maximum absolute atomic E-state index is 11.1. The van der Waals surface area contributed by atoms with Crippen molar-refractivity contribution in [1.82, 2.24) is 24.5 Å². The van der Waals surface area contributed by atoms with E-state index in [0.29, 0.717) is 96.9 Å². The molecule has 640 valence electrons. The van der Waals surface area contributed by atoms with E-state index in [1.54, 1.807) is 56.3 Å². The Morgan fingerprint density at radius 3 is 0.861 bits per heavy atom. The predicted molar refractivity (Wildman–Crippen MR) is 456 cm³/mol. The Bertz CT molecular complexity index is 5670. The number of hydrogen-bond donors (Lipinski definition) is 5. The summed E-state index contributed by atoms with van der Waals surface area (Å²) in [4.78, 5) is 7.31. The van der Waals surface area contributed by atoms with Crippen LogP contribution in [0.15, 0.2) is 60.7 Å². The van der Waals surface area contributed by atoms with Crippen LogP contribution in [0, 0.1) is 59.1 Å². The molecular formula is C95H145N5O15. The van der Waals surface area contributed by atoms with Crippen LogP contribution >= 0.6 is 0 Å². The number of aliphatic hydroxyl groups excluding tert-OH is 4. The van der Waals surface area contributed by atoms with Gasteiger partial charge in [0.25, 0.3) is 0 Å². The smallest absolute Gasteiger partial charge is 0.161 e. The third-order valence-electron chi connectivity index (χ3n) is 22.6. The predicted octanol–water partition coefficient (Wildman–Crippen LogP) is 15.1. The minimum Gasteiger partial charge on any atom is -0.493 e. The number of hydrogen-bond acceptors (Lipinski definition) is 20. The molecule has 18 atom stereocenters. The number of piperidine rings is 5. The minimum atomic E-state index is -3.06. The molecule has 0 bridgehead atoms. The Kier molecular flexibility index (Phi) is 17.5. The molecule has 5 saturated heterocycles. The van der Waals surface area contributed by atoms with Crippen LogP contribution in [-0.4, -0.2) is 217 Å². The summed E-state index contributed by atoms with van der Waals surface area (Å²) in [5, 5.41) is 54.7. The van der Waals surface area contributed by atoms with Gasteiger partial charge >= 0.3 is 0 Å².